The first kappa shape index (κ1) is 27.7. The van der Waals surface area contributed by atoms with Gasteiger partial charge in [-0.3, -0.25) is 4.79 Å². The second-order valence-corrected chi connectivity index (χ2v) is 9.53. The van der Waals surface area contributed by atoms with Crippen molar-refractivity contribution in [1.29, 1.82) is 0 Å². The van der Waals surface area contributed by atoms with Crippen molar-refractivity contribution in [3.8, 4) is 0 Å². The zero-order valence-corrected chi connectivity index (χ0v) is 23.6. The Bertz CT molecular complexity index is 947. The number of hydrogen-bond acceptors (Lipinski definition) is 1. The van der Waals surface area contributed by atoms with Crippen molar-refractivity contribution in [2.75, 3.05) is 25.0 Å². The number of carbonyl (C=O) groups excluding carboxylic acids is 1. The molecule has 0 atom stereocenters. The molecule has 4 rings (SSSR count). The summed E-state index contributed by atoms with van der Waals surface area (Å²) in [5.41, 5.74) is 4.58. The first-order valence-corrected chi connectivity index (χ1v) is 12.1. The number of hydrogen-bond donors (Lipinski definition) is 1. The molecule has 0 spiro atoms. The molecule has 1 heterocycles. The van der Waals surface area contributed by atoms with Gasteiger partial charge >= 0.3 is 0 Å². The van der Waals surface area contributed by atoms with Crippen LogP contribution in [0.25, 0.3) is 4.85 Å². The Kier molecular flexibility index (Phi) is 10.3. The molecule has 173 valence electrons. The Morgan fingerprint density at radius 1 is 1.00 bits per heavy atom. The van der Waals surface area contributed by atoms with Crippen molar-refractivity contribution in [2.45, 2.75) is 71.8 Å². The minimum atomic E-state index is -0.244. The molecule has 1 radical (unpaired) electrons. The van der Waals surface area contributed by atoms with Crippen LogP contribution in [-0.2, 0) is 37.5 Å². The van der Waals surface area contributed by atoms with E-state index in [0.717, 1.165) is 60.2 Å². The standard InChI is InChI=1S/C21H29N3O.C7H8.Y/c1-5-24(12-7-6-8-13-24)21(10-9-11-21)20(25)23-19-16(2)14-18(22-4)15-17(19)3;1-7-5-3-2-4-6-7;/h14-15H,5-13H2,1-3H3;2-6H,1H3;/p+1. The smallest absolute Gasteiger partial charge is 0.285 e. The van der Waals surface area contributed by atoms with E-state index in [1.54, 1.807) is 0 Å². The van der Waals surface area contributed by atoms with Crippen LogP contribution in [0.2, 0.25) is 0 Å². The van der Waals surface area contributed by atoms with Crippen LogP contribution in [0.5, 0.6) is 0 Å². The number of benzene rings is 2. The summed E-state index contributed by atoms with van der Waals surface area (Å²) in [5, 5.41) is 3.27. The third-order valence-electron chi connectivity index (χ3n) is 7.61. The van der Waals surface area contributed by atoms with Crippen LogP contribution >= 0.6 is 0 Å². The third kappa shape index (κ3) is 5.94. The van der Waals surface area contributed by atoms with E-state index in [1.165, 1.54) is 24.8 Å². The van der Waals surface area contributed by atoms with Gasteiger partial charge in [-0.1, -0.05) is 48.0 Å². The molecule has 33 heavy (non-hydrogen) atoms. The van der Waals surface area contributed by atoms with Crippen molar-refractivity contribution in [3.63, 3.8) is 0 Å². The Morgan fingerprint density at radius 2 is 1.58 bits per heavy atom. The van der Waals surface area contributed by atoms with Gasteiger partial charge in [-0.25, -0.2) is 4.85 Å². The van der Waals surface area contributed by atoms with Gasteiger partial charge in [0.15, 0.2) is 11.2 Å². The largest absolute Gasteiger partial charge is 0.320 e. The molecule has 2 aromatic carbocycles. The molecule has 0 bridgehead atoms. The summed E-state index contributed by atoms with van der Waals surface area (Å²) in [7, 11) is 0. The fraction of sp³-hybridized carbons (Fsp3) is 0.500. The van der Waals surface area contributed by atoms with E-state index in [-0.39, 0.29) is 44.2 Å². The number of carbonyl (C=O) groups is 1. The maximum absolute atomic E-state index is 13.5. The molecule has 4 nitrogen and oxygen atoms in total. The minimum Gasteiger partial charge on any atom is -0.320 e. The number of nitrogens with zero attached hydrogens (tertiary/aromatic N) is 2. The summed E-state index contributed by atoms with van der Waals surface area (Å²) in [6, 6.07) is 14.0. The fourth-order valence-electron chi connectivity index (χ4n) is 5.56. The quantitative estimate of drug-likeness (QED) is 0.351. The normalized spacial score (nSPS) is 17.8. The number of aryl methyl sites for hydroxylation is 3. The number of amides is 1. The Balaban J connectivity index is 0.000000413. The summed E-state index contributed by atoms with van der Waals surface area (Å²) in [4.78, 5) is 17.0. The average Bonchev–Trinajstić information content (AvgIpc) is 2.77. The number of anilines is 1. The van der Waals surface area contributed by atoms with Crippen LogP contribution in [0, 0.1) is 27.3 Å². The monoisotopic (exact) mass is 521 g/mol. The predicted octanol–water partition coefficient (Wildman–Crippen LogP) is 6.73. The molecule has 2 fully saturated rings. The topological polar surface area (TPSA) is 33.5 Å². The summed E-state index contributed by atoms with van der Waals surface area (Å²) in [5.74, 6) is 0.198. The molecule has 2 aromatic rings. The fourth-order valence-corrected chi connectivity index (χ4v) is 5.56. The molecule has 1 N–H and O–H groups in total. The van der Waals surface area contributed by atoms with Crippen molar-refractivity contribution in [2.24, 2.45) is 0 Å². The maximum atomic E-state index is 13.5. The van der Waals surface area contributed by atoms with E-state index in [1.807, 2.05) is 44.2 Å². The van der Waals surface area contributed by atoms with Gasteiger partial charge in [0, 0.05) is 51.2 Å². The Morgan fingerprint density at radius 3 is 1.97 bits per heavy atom. The number of quaternary nitrogens is 1. The molecule has 2 aliphatic rings. The van der Waals surface area contributed by atoms with Crippen LogP contribution in [0.15, 0.2) is 42.5 Å². The Hall–Kier alpha value is -1.54. The molecule has 0 unspecified atom stereocenters. The molecular weight excluding hydrogens is 483 g/mol. The van der Waals surface area contributed by atoms with Crippen LogP contribution < -0.4 is 5.32 Å². The SMILES string of the molecule is Cc1ccccc1.[C-]#[N+]c1cc(C)c(NC(=O)C2([N+]3(CC)CCCCC3)CCC2)c(C)c1.[Y]. The molecule has 5 heteroatoms. The van der Waals surface area contributed by atoms with Crippen molar-refractivity contribution in [1.82, 2.24) is 0 Å². The first-order valence-electron chi connectivity index (χ1n) is 12.1. The van der Waals surface area contributed by atoms with Crippen LogP contribution in [0.3, 0.4) is 0 Å². The number of nitrogens with one attached hydrogen (secondary N) is 1. The summed E-state index contributed by atoms with van der Waals surface area (Å²) >= 11 is 0. The maximum Gasteiger partial charge on any atom is 0.285 e. The van der Waals surface area contributed by atoms with E-state index in [9.17, 15) is 4.79 Å². The summed E-state index contributed by atoms with van der Waals surface area (Å²) in [6.07, 6.45) is 6.94. The molecular formula is C28H38N3OY+. The van der Waals surface area contributed by atoms with Crippen LogP contribution in [-0.4, -0.2) is 35.6 Å². The molecule has 1 saturated carbocycles. The first-order chi connectivity index (χ1) is 15.4. The van der Waals surface area contributed by atoms with Gasteiger partial charge < -0.3 is 9.80 Å². The molecule has 1 aliphatic heterocycles. The number of rotatable bonds is 4. The van der Waals surface area contributed by atoms with E-state index >= 15 is 0 Å². The van der Waals surface area contributed by atoms with E-state index in [0.29, 0.717) is 5.69 Å². The van der Waals surface area contributed by atoms with Gasteiger partial charge in [-0.2, -0.15) is 0 Å². The molecule has 0 aromatic heterocycles. The van der Waals surface area contributed by atoms with Crippen molar-refractivity contribution >= 4 is 17.3 Å². The van der Waals surface area contributed by atoms with E-state index in [2.05, 4.69) is 36.1 Å². The second kappa shape index (κ2) is 12.2. The van der Waals surface area contributed by atoms with Gasteiger partial charge in [0.1, 0.15) is 0 Å². The van der Waals surface area contributed by atoms with Gasteiger partial charge in [-0.15, -0.1) is 0 Å². The minimum absolute atomic E-state index is 0. The summed E-state index contributed by atoms with van der Waals surface area (Å²) in [6.45, 7) is 18.8. The number of piperidine rings is 1. The number of likely N-dealkylation sites (tertiary alicyclic amines) is 1. The zero-order chi connectivity index (χ0) is 23.2. The van der Waals surface area contributed by atoms with E-state index < -0.39 is 0 Å². The molecule has 1 saturated heterocycles. The van der Waals surface area contributed by atoms with Crippen molar-refractivity contribution < 1.29 is 42.0 Å². The predicted molar refractivity (Wildman–Crippen MR) is 133 cm³/mol. The van der Waals surface area contributed by atoms with Crippen molar-refractivity contribution in [3.05, 3.63) is 70.6 Å². The average molecular weight is 522 g/mol. The van der Waals surface area contributed by atoms with Gasteiger partial charge in [0.2, 0.25) is 0 Å². The van der Waals surface area contributed by atoms with Crippen LogP contribution in [0.4, 0.5) is 11.4 Å². The Labute approximate surface area is 225 Å². The van der Waals surface area contributed by atoms with Gasteiger partial charge in [0.25, 0.3) is 5.91 Å². The van der Waals surface area contributed by atoms with E-state index in [4.69, 9.17) is 6.57 Å². The molecule has 1 aliphatic carbocycles. The summed E-state index contributed by atoms with van der Waals surface area (Å²) < 4.78 is 0.969. The third-order valence-corrected chi connectivity index (χ3v) is 7.61. The van der Waals surface area contributed by atoms with Crippen LogP contribution in [0.1, 0.15) is 62.1 Å². The molecule has 1 amide bonds. The van der Waals surface area contributed by atoms with Gasteiger partial charge in [0.05, 0.1) is 26.2 Å². The zero-order valence-electron chi connectivity index (χ0n) is 20.8. The second-order valence-electron chi connectivity index (χ2n) is 9.53. The number of likely N-dealkylation sites (N-methyl/N-ethyl adjacent to an activating group) is 1. The van der Waals surface area contributed by atoms with Gasteiger partial charge in [-0.05, 0) is 64.5 Å².